The minimum Gasteiger partial charge on any atom is -0.446 e. The molecule has 4 nitrogen and oxygen atoms in total. The van der Waals surface area contributed by atoms with Crippen molar-refractivity contribution in [1.29, 1.82) is 0 Å². The van der Waals surface area contributed by atoms with Gasteiger partial charge in [-0.25, -0.2) is 4.79 Å². The molecule has 13 heavy (non-hydrogen) atoms. The van der Waals surface area contributed by atoms with E-state index in [2.05, 4.69) is 5.32 Å². The van der Waals surface area contributed by atoms with Gasteiger partial charge in [0.05, 0.1) is 0 Å². The van der Waals surface area contributed by atoms with Crippen LogP contribution in [-0.2, 0) is 9.53 Å². The van der Waals surface area contributed by atoms with Gasteiger partial charge in [0.2, 0.25) is 0 Å². The lowest BCUT2D eigenvalue weighted by Crippen LogP contribution is -2.42. The fourth-order valence-electron chi connectivity index (χ4n) is 0.702. The maximum atomic E-state index is 11.1. The van der Waals surface area contributed by atoms with Crippen LogP contribution in [0.15, 0.2) is 0 Å². The molecule has 0 bridgehead atoms. The molecule has 0 unspecified atom stereocenters. The van der Waals surface area contributed by atoms with E-state index in [1.54, 1.807) is 6.92 Å². The van der Waals surface area contributed by atoms with Gasteiger partial charge >= 0.3 is 6.09 Å². The quantitative estimate of drug-likeness (QED) is 0.681. The third-order valence-electron chi connectivity index (χ3n) is 1.21. The van der Waals surface area contributed by atoms with Crippen LogP contribution in [0.4, 0.5) is 4.79 Å². The van der Waals surface area contributed by atoms with Crippen LogP contribution in [0.3, 0.4) is 0 Å². The van der Waals surface area contributed by atoms with Crippen molar-refractivity contribution in [2.45, 2.75) is 45.8 Å². The summed E-state index contributed by atoms with van der Waals surface area (Å²) in [5.74, 6) is 0. The second-order valence-corrected chi connectivity index (χ2v) is 3.99. The van der Waals surface area contributed by atoms with Crippen LogP contribution >= 0.6 is 0 Å². The van der Waals surface area contributed by atoms with Gasteiger partial charge in [0, 0.05) is 12.0 Å². The molecule has 0 saturated heterocycles. The van der Waals surface area contributed by atoms with Crippen molar-refractivity contribution in [3.63, 3.8) is 0 Å². The molecule has 0 aromatic heterocycles. The van der Waals surface area contributed by atoms with Gasteiger partial charge in [-0.05, 0) is 27.7 Å². The molecular formula is C9H17NO3. The lowest BCUT2D eigenvalue weighted by atomic mass is 10.1. The van der Waals surface area contributed by atoms with E-state index in [1.165, 1.54) is 0 Å². The summed E-state index contributed by atoms with van der Waals surface area (Å²) in [5, 5.41) is 2.63. The van der Waals surface area contributed by atoms with Crippen molar-refractivity contribution in [1.82, 2.24) is 5.32 Å². The average Bonchev–Trinajstić information content (AvgIpc) is 1.81. The molecular weight excluding hydrogens is 170 g/mol. The first kappa shape index (κ1) is 11.9. The zero-order chi connectivity index (χ0) is 10.5. The number of hydrogen-bond acceptors (Lipinski definition) is 3. The molecule has 0 aromatic rings. The fraction of sp³-hybridized carbons (Fsp3) is 0.778. The van der Waals surface area contributed by atoms with Gasteiger partial charge in [0.1, 0.15) is 12.4 Å². The van der Waals surface area contributed by atoms with E-state index >= 15 is 0 Å². The van der Waals surface area contributed by atoms with Crippen LogP contribution in [0.5, 0.6) is 0 Å². The van der Waals surface area contributed by atoms with Gasteiger partial charge < -0.3 is 14.8 Å². The lowest BCUT2D eigenvalue weighted by Gasteiger charge is -2.21. The molecule has 0 saturated carbocycles. The maximum absolute atomic E-state index is 11.1. The van der Waals surface area contributed by atoms with E-state index in [1.807, 2.05) is 20.8 Å². The maximum Gasteiger partial charge on any atom is 0.407 e. The molecule has 0 fully saturated rings. The molecule has 1 atom stereocenters. The summed E-state index contributed by atoms with van der Waals surface area (Å²) in [4.78, 5) is 21.2. The number of aldehydes is 1. The molecule has 0 aliphatic heterocycles. The predicted molar refractivity (Wildman–Crippen MR) is 49.5 cm³/mol. The van der Waals surface area contributed by atoms with Crippen molar-refractivity contribution in [2.75, 3.05) is 0 Å². The summed E-state index contributed by atoms with van der Waals surface area (Å²) in [5.41, 5.74) is -0.308. The second-order valence-electron chi connectivity index (χ2n) is 3.99. The Morgan fingerprint density at radius 3 is 2.46 bits per heavy atom. The third-order valence-corrected chi connectivity index (χ3v) is 1.21. The highest BCUT2D eigenvalue weighted by Gasteiger charge is 2.16. The first-order valence-corrected chi connectivity index (χ1v) is 4.27. The number of carbonyl (C=O) groups excluding carboxylic acids is 2. The van der Waals surface area contributed by atoms with Crippen molar-refractivity contribution in [3.8, 4) is 0 Å². The molecule has 76 valence electrons. The van der Waals surface area contributed by atoms with Gasteiger partial charge in [-0.2, -0.15) is 0 Å². The molecule has 0 radical (unpaired) electrons. The SMILES string of the molecule is C[C@@H](CC=O)OC(=O)NC(C)(C)C. The minimum absolute atomic E-state index is 0.234. The van der Waals surface area contributed by atoms with Gasteiger partial charge in [-0.3, -0.25) is 0 Å². The van der Waals surface area contributed by atoms with Crippen LogP contribution < -0.4 is 5.32 Å². The highest BCUT2D eigenvalue weighted by Crippen LogP contribution is 2.01. The molecule has 4 heteroatoms. The van der Waals surface area contributed by atoms with E-state index in [0.29, 0.717) is 0 Å². The second kappa shape index (κ2) is 4.84. The number of ether oxygens (including phenoxy) is 1. The van der Waals surface area contributed by atoms with Gasteiger partial charge in [-0.1, -0.05) is 0 Å². The van der Waals surface area contributed by atoms with Gasteiger partial charge in [0.15, 0.2) is 0 Å². The number of rotatable bonds is 3. The smallest absolute Gasteiger partial charge is 0.407 e. The van der Waals surface area contributed by atoms with Crippen LogP contribution in [0.25, 0.3) is 0 Å². The summed E-state index contributed by atoms with van der Waals surface area (Å²) in [7, 11) is 0. The lowest BCUT2D eigenvalue weighted by molar-refractivity contribution is -0.109. The molecule has 1 N–H and O–H groups in total. The number of carbonyl (C=O) groups is 2. The Labute approximate surface area is 78.6 Å². The Hall–Kier alpha value is -1.06. The Morgan fingerprint density at radius 1 is 1.54 bits per heavy atom. The number of nitrogens with one attached hydrogen (secondary N) is 1. The van der Waals surface area contributed by atoms with Crippen molar-refractivity contribution < 1.29 is 14.3 Å². The average molecular weight is 187 g/mol. The van der Waals surface area contributed by atoms with E-state index in [-0.39, 0.29) is 18.1 Å². The standard InChI is InChI=1S/C9H17NO3/c1-7(5-6-11)13-8(12)10-9(2,3)4/h6-7H,5H2,1-4H3,(H,10,12)/t7-/m0/s1. The van der Waals surface area contributed by atoms with Crippen LogP contribution in [0.2, 0.25) is 0 Å². The van der Waals surface area contributed by atoms with Gasteiger partial charge in [0.25, 0.3) is 0 Å². The van der Waals surface area contributed by atoms with Crippen molar-refractivity contribution in [2.24, 2.45) is 0 Å². The predicted octanol–water partition coefficient (Wildman–Crippen LogP) is 1.49. The first-order valence-electron chi connectivity index (χ1n) is 4.27. The van der Waals surface area contributed by atoms with Crippen LogP contribution in [-0.4, -0.2) is 24.0 Å². The Bertz CT molecular complexity index is 184. The highest BCUT2D eigenvalue weighted by molar-refractivity contribution is 5.68. The van der Waals surface area contributed by atoms with E-state index in [9.17, 15) is 9.59 Å². The Kier molecular flexibility index (Phi) is 4.45. The summed E-state index contributed by atoms with van der Waals surface area (Å²) >= 11 is 0. The molecule has 0 aromatic carbocycles. The minimum atomic E-state index is -0.484. The summed E-state index contributed by atoms with van der Waals surface area (Å²) in [6.07, 6.45) is 0.119. The van der Waals surface area contributed by atoms with E-state index in [4.69, 9.17) is 4.74 Å². The summed E-state index contributed by atoms with van der Waals surface area (Å²) in [6, 6.07) is 0. The monoisotopic (exact) mass is 187 g/mol. The van der Waals surface area contributed by atoms with Crippen molar-refractivity contribution >= 4 is 12.4 Å². The van der Waals surface area contributed by atoms with Crippen molar-refractivity contribution in [3.05, 3.63) is 0 Å². The van der Waals surface area contributed by atoms with E-state index < -0.39 is 6.09 Å². The zero-order valence-electron chi connectivity index (χ0n) is 8.59. The Morgan fingerprint density at radius 2 is 2.08 bits per heavy atom. The first-order chi connectivity index (χ1) is 5.85. The molecule has 0 rings (SSSR count). The molecule has 0 aliphatic carbocycles. The number of hydrogen-bond donors (Lipinski definition) is 1. The zero-order valence-corrected chi connectivity index (χ0v) is 8.59. The number of alkyl carbamates (subject to hydrolysis) is 1. The topological polar surface area (TPSA) is 55.4 Å². The molecule has 1 amide bonds. The third kappa shape index (κ3) is 7.31. The Balaban J connectivity index is 3.81. The summed E-state index contributed by atoms with van der Waals surface area (Å²) in [6.45, 7) is 7.26. The fourth-order valence-corrected chi connectivity index (χ4v) is 0.702. The number of amides is 1. The largest absolute Gasteiger partial charge is 0.446 e. The molecule has 0 aliphatic rings. The normalized spacial score (nSPS) is 13.2. The van der Waals surface area contributed by atoms with Gasteiger partial charge in [-0.15, -0.1) is 0 Å². The van der Waals surface area contributed by atoms with E-state index in [0.717, 1.165) is 6.29 Å². The molecule has 0 heterocycles. The highest BCUT2D eigenvalue weighted by atomic mass is 16.6. The molecule has 0 spiro atoms. The van der Waals surface area contributed by atoms with Crippen LogP contribution in [0.1, 0.15) is 34.1 Å². The summed E-state index contributed by atoms with van der Waals surface area (Å²) < 4.78 is 4.89. The van der Waals surface area contributed by atoms with Crippen LogP contribution in [0, 0.1) is 0 Å².